The number of benzene rings is 1. The number of hydrogen-bond donors (Lipinski definition) is 0. The van der Waals surface area contributed by atoms with Crippen LogP contribution in [0.4, 0.5) is 0 Å². The zero-order chi connectivity index (χ0) is 19.3. The predicted molar refractivity (Wildman–Crippen MR) is 106 cm³/mol. The SMILES string of the molecule is COC(CC(=O)C(C)(C)C)CC(OC)C(C)(C)Sc1ccc(C)cc1. The summed E-state index contributed by atoms with van der Waals surface area (Å²) in [7, 11) is 3.41. The Morgan fingerprint density at radius 3 is 2.04 bits per heavy atom. The van der Waals surface area contributed by atoms with Gasteiger partial charge in [-0.25, -0.2) is 0 Å². The highest BCUT2D eigenvalue weighted by Gasteiger charge is 2.34. The summed E-state index contributed by atoms with van der Waals surface area (Å²) in [5, 5.41) is 0. The van der Waals surface area contributed by atoms with Crippen molar-refractivity contribution in [3.63, 3.8) is 0 Å². The smallest absolute Gasteiger partial charge is 0.140 e. The fourth-order valence-corrected chi connectivity index (χ4v) is 3.86. The zero-order valence-electron chi connectivity index (χ0n) is 17.0. The largest absolute Gasteiger partial charge is 0.381 e. The lowest BCUT2D eigenvalue weighted by Crippen LogP contribution is -2.39. The second kappa shape index (κ2) is 9.20. The molecule has 0 bridgehead atoms. The third-order valence-corrected chi connectivity index (χ3v) is 5.82. The summed E-state index contributed by atoms with van der Waals surface area (Å²) in [4.78, 5) is 13.6. The molecule has 2 atom stereocenters. The molecule has 0 spiro atoms. The van der Waals surface area contributed by atoms with Crippen molar-refractivity contribution in [2.45, 2.75) is 76.2 Å². The number of hydrogen-bond acceptors (Lipinski definition) is 4. The molecule has 2 unspecified atom stereocenters. The maximum atomic E-state index is 12.4. The van der Waals surface area contributed by atoms with Crippen LogP contribution in [0.5, 0.6) is 0 Å². The molecule has 0 saturated heterocycles. The first kappa shape index (κ1) is 22.2. The minimum atomic E-state index is -0.342. The van der Waals surface area contributed by atoms with Gasteiger partial charge in [-0.05, 0) is 32.9 Å². The predicted octanol–water partition coefficient (Wildman–Crippen LogP) is 5.29. The van der Waals surface area contributed by atoms with E-state index >= 15 is 0 Å². The van der Waals surface area contributed by atoms with Crippen LogP contribution in [0.1, 0.15) is 53.0 Å². The van der Waals surface area contributed by atoms with Crippen molar-refractivity contribution in [2.75, 3.05) is 14.2 Å². The Morgan fingerprint density at radius 2 is 1.60 bits per heavy atom. The molecule has 1 aromatic rings. The first-order valence-electron chi connectivity index (χ1n) is 8.84. The number of Topliss-reactive ketones (excluding diaryl/α,β-unsaturated/α-hetero) is 1. The van der Waals surface area contributed by atoms with Crippen molar-refractivity contribution >= 4 is 17.5 Å². The van der Waals surface area contributed by atoms with Crippen LogP contribution < -0.4 is 0 Å². The van der Waals surface area contributed by atoms with Gasteiger partial charge in [-0.3, -0.25) is 4.79 Å². The van der Waals surface area contributed by atoms with Gasteiger partial charge in [-0.15, -0.1) is 11.8 Å². The van der Waals surface area contributed by atoms with Crippen LogP contribution in [-0.4, -0.2) is 37.0 Å². The molecule has 0 radical (unpaired) electrons. The monoisotopic (exact) mass is 366 g/mol. The molecular weight excluding hydrogens is 332 g/mol. The molecule has 25 heavy (non-hydrogen) atoms. The Hall–Kier alpha value is -0.840. The molecule has 0 amide bonds. The number of thioether (sulfide) groups is 1. The Bertz CT molecular complexity index is 543. The van der Waals surface area contributed by atoms with E-state index in [1.807, 2.05) is 20.8 Å². The molecule has 0 N–H and O–H groups in total. The van der Waals surface area contributed by atoms with Gasteiger partial charge in [0.05, 0.1) is 12.2 Å². The third kappa shape index (κ3) is 7.12. The number of ether oxygens (including phenoxy) is 2. The molecule has 0 aliphatic rings. The highest BCUT2D eigenvalue weighted by molar-refractivity contribution is 8.00. The molecule has 0 fully saturated rings. The lowest BCUT2D eigenvalue weighted by atomic mass is 9.86. The minimum Gasteiger partial charge on any atom is -0.381 e. The standard InChI is InChI=1S/C21H34O3S/c1-15-9-11-17(12-10-15)25-21(5,6)19(24-8)14-16(23-7)13-18(22)20(2,3)4/h9-12,16,19H,13-14H2,1-8H3. The van der Waals surface area contributed by atoms with Crippen molar-refractivity contribution in [3.05, 3.63) is 29.8 Å². The summed E-state index contributed by atoms with van der Waals surface area (Å²) in [6.07, 6.45) is 0.970. The molecular formula is C21H34O3S. The first-order valence-corrected chi connectivity index (χ1v) is 9.66. The van der Waals surface area contributed by atoms with E-state index in [4.69, 9.17) is 9.47 Å². The fraction of sp³-hybridized carbons (Fsp3) is 0.667. The van der Waals surface area contributed by atoms with Gasteiger partial charge in [-0.2, -0.15) is 0 Å². The average Bonchev–Trinajstić information content (AvgIpc) is 2.51. The van der Waals surface area contributed by atoms with Gasteiger partial charge in [0.25, 0.3) is 0 Å². The zero-order valence-corrected chi connectivity index (χ0v) is 17.8. The Balaban J connectivity index is 2.80. The van der Waals surface area contributed by atoms with Crippen molar-refractivity contribution in [3.8, 4) is 0 Å². The molecule has 1 rings (SSSR count). The van der Waals surface area contributed by atoms with Crippen LogP contribution in [0.3, 0.4) is 0 Å². The number of carbonyl (C=O) groups excluding carboxylic acids is 1. The van der Waals surface area contributed by atoms with E-state index in [1.165, 1.54) is 10.5 Å². The van der Waals surface area contributed by atoms with E-state index < -0.39 is 0 Å². The molecule has 0 heterocycles. The maximum Gasteiger partial charge on any atom is 0.140 e. The molecule has 3 nitrogen and oxygen atoms in total. The summed E-state index contributed by atoms with van der Waals surface area (Å²) >= 11 is 1.80. The third-order valence-electron chi connectivity index (χ3n) is 4.52. The molecule has 142 valence electrons. The molecule has 0 aliphatic carbocycles. The van der Waals surface area contributed by atoms with Crippen molar-refractivity contribution in [1.82, 2.24) is 0 Å². The number of methoxy groups -OCH3 is 2. The van der Waals surface area contributed by atoms with Gasteiger partial charge in [0.2, 0.25) is 0 Å². The number of rotatable bonds is 9. The average molecular weight is 367 g/mol. The van der Waals surface area contributed by atoms with E-state index in [-0.39, 0.29) is 28.2 Å². The highest BCUT2D eigenvalue weighted by Crippen LogP contribution is 2.38. The number of aryl methyl sites for hydroxylation is 1. The maximum absolute atomic E-state index is 12.4. The van der Waals surface area contributed by atoms with E-state index in [0.717, 1.165) is 0 Å². The van der Waals surface area contributed by atoms with E-state index in [9.17, 15) is 4.79 Å². The van der Waals surface area contributed by atoms with Gasteiger partial charge in [0, 0.05) is 42.1 Å². The van der Waals surface area contributed by atoms with Crippen LogP contribution >= 0.6 is 11.8 Å². The van der Waals surface area contributed by atoms with Crippen LogP contribution in [0, 0.1) is 12.3 Å². The van der Waals surface area contributed by atoms with Crippen molar-refractivity contribution in [2.24, 2.45) is 5.41 Å². The molecule has 0 saturated carbocycles. The quantitative estimate of drug-likeness (QED) is 0.556. The Kier molecular flexibility index (Phi) is 8.17. The van der Waals surface area contributed by atoms with Gasteiger partial charge >= 0.3 is 0 Å². The Morgan fingerprint density at radius 1 is 1.04 bits per heavy atom. The molecule has 4 heteroatoms. The van der Waals surface area contributed by atoms with Crippen LogP contribution in [0.15, 0.2) is 29.2 Å². The topological polar surface area (TPSA) is 35.5 Å². The molecule has 1 aromatic carbocycles. The highest BCUT2D eigenvalue weighted by atomic mass is 32.2. The first-order chi connectivity index (χ1) is 11.5. The normalized spacial score (nSPS) is 15.0. The molecule has 0 aromatic heterocycles. The van der Waals surface area contributed by atoms with Crippen LogP contribution in [0.25, 0.3) is 0 Å². The van der Waals surface area contributed by atoms with Gasteiger partial charge < -0.3 is 9.47 Å². The number of ketones is 1. The lowest BCUT2D eigenvalue weighted by molar-refractivity contribution is -0.129. The summed E-state index contributed by atoms with van der Waals surface area (Å²) in [6, 6.07) is 8.54. The second-order valence-corrected chi connectivity index (χ2v) is 9.94. The van der Waals surface area contributed by atoms with E-state index in [1.54, 1.807) is 26.0 Å². The van der Waals surface area contributed by atoms with Crippen molar-refractivity contribution < 1.29 is 14.3 Å². The lowest BCUT2D eigenvalue weighted by Gasteiger charge is -2.35. The summed E-state index contributed by atoms with van der Waals surface area (Å²) in [5.74, 6) is 0.221. The second-order valence-electron chi connectivity index (χ2n) is 8.21. The van der Waals surface area contributed by atoms with Gasteiger partial charge in [0.15, 0.2) is 0 Å². The van der Waals surface area contributed by atoms with Gasteiger partial charge in [-0.1, -0.05) is 38.5 Å². The van der Waals surface area contributed by atoms with Crippen molar-refractivity contribution in [1.29, 1.82) is 0 Å². The van der Waals surface area contributed by atoms with Gasteiger partial charge in [0.1, 0.15) is 5.78 Å². The Labute approximate surface area is 157 Å². The summed E-state index contributed by atoms with van der Waals surface area (Å²) < 4.78 is 11.3. The molecule has 0 aliphatic heterocycles. The van der Waals surface area contributed by atoms with Crippen LogP contribution in [-0.2, 0) is 14.3 Å². The number of carbonyl (C=O) groups is 1. The summed E-state index contributed by atoms with van der Waals surface area (Å²) in [5.41, 5.74) is 0.913. The fourth-order valence-electron chi connectivity index (χ4n) is 2.65. The van der Waals surface area contributed by atoms with Crippen LogP contribution in [0.2, 0.25) is 0 Å². The minimum absolute atomic E-state index is 0.0171. The summed E-state index contributed by atoms with van der Waals surface area (Å²) in [6.45, 7) is 12.3. The van der Waals surface area contributed by atoms with E-state index in [0.29, 0.717) is 12.8 Å². The van der Waals surface area contributed by atoms with E-state index in [2.05, 4.69) is 45.0 Å².